The number of hydrogen-bond acceptors (Lipinski definition) is 2. The van der Waals surface area contributed by atoms with Crippen LogP contribution in [0.15, 0.2) is 199 Å². The topological polar surface area (TPSA) is 20.8 Å². The molecule has 0 N–H and O–H groups in total. The monoisotopic (exact) mass is 738 g/mol. The van der Waals surface area contributed by atoms with Gasteiger partial charge in [0.15, 0.2) is 0 Å². The van der Waals surface area contributed by atoms with Crippen LogP contribution in [0.4, 0.5) is 17.1 Å². The molecule has 1 aliphatic carbocycles. The maximum Gasteiger partial charge on any atom is 0.135 e. The summed E-state index contributed by atoms with van der Waals surface area (Å²) in [7, 11) is 0. The molecule has 1 aliphatic rings. The van der Waals surface area contributed by atoms with E-state index in [2.05, 4.69) is 191 Å². The summed E-state index contributed by atoms with van der Waals surface area (Å²) in [6.45, 7) is 0. The Morgan fingerprint density at radius 3 is 1.81 bits per heavy atom. The van der Waals surface area contributed by atoms with Gasteiger partial charge in [-0.3, -0.25) is 0 Å². The van der Waals surface area contributed by atoms with E-state index in [0.29, 0.717) is 0 Å². The molecular weight excluding hydrogens is 705 g/mol. The molecule has 0 fully saturated rings. The van der Waals surface area contributed by atoms with Gasteiger partial charge in [0.05, 0.1) is 16.6 Å². The molecule has 0 radical (unpaired) electrons. The zero-order valence-corrected chi connectivity index (χ0v) is 31.5. The normalized spacial score (nSPS) is 12.4. The third kappa shape index (κ3) is 4.50. The standard InChI is InChI=1S/C55H34N2O/c1-2-10-34(11-3-1)35-20-23-39(24-21-35)56(41-26-29-53-50(33-41)46-13-5-7-19-52(46)58-53)40-25-28-43-38(32-40)31-37-30-36(22-27-42(37)43)44-14-8-16-48-49-17-9-15-47-45-12-4-6-18-51(45)57(54(44)48)55(47)49/h1-30,32-33H,31H2. The number of benzene rings is 9. The quantitative estimate of drug-likeness (QED) is 0.175. The van der Waals surface area contributed by atoms with Gasteiger partial charge < -0.3 is 13.7 Å². The molecule has 3 heteroatoms. The van der Waals surface area contributed by atoms with Gasteiger partial charge in [-0.05, 0) is 100.0 Å². The average molecular weight is 739 g/mol. The summed E-state index contributed by atoms with van der Waals surface area (Å²) in [5.74, 6) is 0. The van der Waals surface area contributed by atoms with Crippen molar-refractivity contribution in [2.45, 2.75) is 6.42 Å². The minimum Gasteiger partial charge on any atom is -0.456 e. The minimum absolute atomic E-state index is 0.879. The van der Waals surface area contributed by atoms with Crippen LogP contribution >= 0.6 is 0 Å². The Labute approximate surface area is 334 Å². The lowest BCUT2D eigenvalue weighted by atomic mass is 9.97. The van der Waals surface area contributed by atoms with Crippen molar-refractivity contribution in [3.8, 4) is 33.4 Å². The van der Waals surface area contributed by atoms with Crippen LogP contribution < -0.4 is 4.90 Å². The van der Waals surface area contributed by atoms with Crippen LogP contribution in [0, 0.1) is 0 Å². The summed E-state index contributed by atoms with van der Waals surface area (Å²) < 4.78 is 8.75. The molecule has 13 rings (SSSR count). The van der Waals surface area contributed by atoms with Crippen molar-refractivity contribution in [1.82, 2.24) is 4.40 Å². The van der Waals surface area contributed by atoms with E-state index in [-0.39, 0.29) is 0 Å². The van der Waals surface area contributed by atoms with E-state index < -0.39 is 0 Å². The molecule has 0 saturated heterocycles. The second kappa shape index (κ2) is 11.9. The molecule has 3 nitrogen and oxygen atoms in total. The number of hydrogen-bond donors (Lipinski definition) is 0. The highest BCUT2D eigenvalue weighted by molar-refractivity contribution is 6.25. The van der Waals surface area contributed by atoms with Crippen LogP contribution in [0.25, 0.3) is 93.4 Å². The van der Waals surface area contributed by atoms with E-state index in [4.69, 9.17) is 4.42 Å². The number of fused-ring (bicyclic) bond motifs is 12. The van der Waals surface area contributed by atoms with Gasteiger partial charge in [0.1, 0.15) is 11.2 Å². The van der Waals surface area contributed by atoms with Gasteiger partial charge in [0.25, 0.3) is 0 Å². The molecule has 0 amide bonds. The third-order valence-corrected chi connectivity index (χ3v) is 12.5. The molecule has 3 aromatic heterocycles. The first kappa shape index (κ1) is 31.6. The Morgan fingerprint density at radius 1 is 0.362 bits per heavy atom. The maximum absolute atomic E-state index is 6.25. The number of anilines is 3. The van der Waals surface area contributed by atoms with E-state index in [1.54, 1.807) is 0 Å². The van der Waals surface area contributed by atoms with E-state index in [9.17, 15) is 0 Å². The molecule has 0 spiro atoms. The van der Waals surface area contributed by atoms with Crippen LogP contribution in [-0.4, -0.2) is 4.40 Å². The Balaban J connectivity index is 0.927. The maximum atomic E-state index is 6.25. The van der Waals surface area contributed by atoms with Crippen molar-refractivity contribution in [3.05, 3.63) is 205 Å². The lowest BCUT2D eigenvalue weighted by molar-refractivity contribution is 0.669. The zero-order valence-electron chi connectivity index (χ0n) is 31.5. The number of nitrogens with zero attached hydrogens (tertiary/aromatic N) is 2. The lowest BCUT2D eigenvalue weighted by Gasteiger charge is -2.26. The molecule has 0 bridgehead atoms. The van der Waals surface area contributed by atoms with Crippen molar-refractivity contribution in [2.24, 2.45) is 0 Å². The Bertz CT molecular complexity index is 3590. The highest BCUT2D eigenvalue weighted by atomic mass is 16.3. The number of furan rings is 1. The smallest absolute Gasteiger partial charge is 0.135 e. The molecule has 3 heterocycles. The molecule has 0 atom stereocenters. The lowest BCUT2D eigenvalue weighted by Crippen LogP contribution is -2.10. The first-order valence-electron chi connectivity index (χ1n) is 20.0. The summed E-state index contributed by atoms with van der Waals surface area (Å²) in [5, 5.41) is 7.47. The zero-order chi connectivity index (χ0) is 37.9. The molecule has 0 aliphatic heterocycles. The number of para-hydroxylation sites is 4. The third-order valence-electron chi connectivity index (χ3n) is 12.5. The summed E-state index contributed by atoms with van der Waals surface area (Å²) in [6.07, 6.45) is 0.879. The SMILES string of the molecule is c1ccc(-c2ccc(N(c3ccc4c(c3)Cc3cc(-c5cccc6c7cccc8c9ccccc9n(c56)c87)ccc3-4)c3ccc4oc5ccccc5c4c3)cc2)cc1. The Hall–Kier alpha value is -7.62. The van der Waals surface area contributed by atoms with E-state index >= 15 is 0 Å². The van der Waals surface area contributed by atoms with Gasteiger partial charge in [-0.25, -0.2) is 0 Å². The van der Waals surface area contributed by atoms with Crippen LogP contribution in [-0.2, 0) is 6.42 Å². The second-order valence-corrected chi connectivity index (χ2v) is 15.7. The van der Waals surface area contributed by atoms with Crippen LogP contribution in [0.5, 0.6) is 0 Å². The first-order chi connectivity index (χ1) is 28.7. The Kier molecular flexibility index (Phi) is 6.50. The van der Waals surface area contributed by atoms with E-state index in [1.165, 1.54) is 82.6 Å². The molecule has 0 saturated carbocycles. The fraction of sp³-hybridized carbons (Fsp3) is 0.0182. The number of aromatic nitrogens is 1. The van der Waals surface area contributed by atoms with Crippen molar-refractivity contribution < 1.29 is 4.42 Å². The predicted molar refractivity (Wildman–Crippen MR) is 242 cm³/mol. The summed E-state index contributed by atoms with van der Waals surface area (Å²) in [5.41, 5.74) is 19.3. The van der Waals surface area contributed by atoms with Gasteiger partial charge in [0, 0.05) is 54.9 Å². The van der Waals surface area contributed by atoms with Crippen LogP contribution in [0.2, 0.25) is 0 Å². The predicted octanol–water partition coefficient (Wildman–Crippen LogP) is 15.1. The summed E-state index contributed by atoms with van der Waals surface area (Å²) in [4.78, 5) is 2.39. The molecular formula is C55H34N2O. The van der Waals surface area contributed by atoms with E-state index in [1.807, 2.05) is 12.1 Å². The van der Waals surface area contributed by atoms with E-state index in [0.717, 1.165) is 45.4 Å². The molecule has 9 aromatic carbocycles. The molecule has 58 heavy (non-hydrogen) atoms. The minimum atomic E-state index is 0.879. The van der Waals surface area contributed by atoms with Gasteiger partial charge in [-0.2, -0.15) is 0 Å². The van der Waals surface area contributed by atoms with Crippen molar-refractivity contribution in [3.63, 3.8) is 0 Å². The molecule has 270 valence electrons. The first-order valence-corrected chi connectivity index (χ1v) is 20.0. The van der Waals surface area contributed by atoms with Crippen LogP contribution in [0.3, 0.4) is 0 Å². The largest absolute Gasteiger partial charge is 0.456 e. The van der Waals surface area contributed by atoms with Crippen molar-refractivity contribution >= 4 is 77.1 Å². The summed E-state index contributed by atoms with van der Waals surface area (Å²) in [6, 6.07) is 70.9. The van der Waals surface area contributed by atoms with Gasteiger partial charge in [-0.15, -0.1) is 0 Å². The van der Waals surface area contributed by atoms with Gasteiger partial charge >= 0.3 is 0 Å². The summed E-state index contributed by atoms with van der Waals surface area (Å²) >= 11 is 0. The molecule has 12 aromatic rings. The van der Waals surface area contributed by atoms with Gasteiger partial charge in [-0.1, -0.05) is 140 Å². The van der Waals surface area contributed by atoms with Crippen molar-refractivity contribution in [2.75, 3.05) is 4.90 Å². The van der Waals surface area contributed by atoms with Crippen molar-refractivity contribution in [1.29, 1.82) is 0 Å². The number of rotatable bonds is 5. The highest BCUT2D eigenvalue weighted by Crippen LogP contribution is 2.46. The average Bonchev–Trinajstić information content (AvgIpc) is 4.03. The highest BCUT2D eigenvalue weighted by Gasteiger charge is 2.24. The fourth-order valence-electron chi connectivity index (χ4n) is 9.94. The molecule has 0 unspecified atom stereocenters. The van der Waals surface area contributed by atoms with Crippen LogP contribution in [0.1, 0.15) is 11.1 Å². The van der Waals surface area contributed by atoms with Gasteiger partial charge in [0.2, 0.25) is 0 Å². The fourth-order valence-corrected chi connectivity index (χ4v) is 9.94. The second-order valence-electron chi connectivity index (χ2n) is 15.7. The Morgan fingerprint density at radius 2 is 0.948 bits per heavy atom.